The summed E-state index contributed by atoms with van der Waals surface area (Å²) in [6.45, 7) is 4.14. The van der Waals surface area contributed by atoms with Crippen LogP contribution >= 0.6 is 11.6 Å². The van der Waals surface area contributed by atoms with Crippen molar-refractivity contribution in [1.82, 2.24) is 15.0 Å². The van der Waals surface area contributed by atoms with Gasteiger partial charge in [-0.1, -0.05) is 35.0 Å². The van der Waals surface area contributed by atoms with Gasteiger partial charge in [0.2, 0.25) is 0 Å². The highest BCUT2D eigenvalue weighted by atomic mass is 35.5. The van der Waals surface area contributed by atoms with Crippen LogP contribution in [0.5, 0.6) is 0 Å². The Hall–Kier alpha value is -2.12. The summed E-state index contributed by atoms with van der Waals surface area (Å²) in [5.74, 6) is 0. The van der Waals surface area contributed by atoms with E-state index in [0.29, 0.717) is 17.3 Å². The van der Waals surface area contributed by atoms with Gasteiger partial charge in [-0.2, -0.15) is 5.26 Å². The fraction of sp³-hybridized carbons (Fsp3) is 0.0833. The third-order valence-corrected chi connectivity index (χ3v) is 2.48. The number of aromatic nitrogens is 3. The van der Waals surface area contributed by atoms with Crippen LogP contribution in [0.25, 0.3) is 11.3 Å². The molecule has 0 bridgehead atoms. The molecule has 0 aliphatic carbocycles. The normalized spacial score (nSPS) is 9.88. The lowest BCUT2D eigenvalue weighted by molar-refractivity contribution is 0.668. The molecule has 0 unspecified atom stereocenters. The molecule has 0 saturated carbocycles. The molecule has 0 aliphatic rings. The first-order valence-electron chi connectivity index (χ1n) is 4.96. The zero-order valence-corrected chi connectivity index (χ0v) is 9.72. The largest absolute Gasteiger partial charge is 0.239 e. The summed E-state index contributed by atoms with van der Waals surface area (Å²) >= 11 is 5.93. The molecule has 1 aromatic carbocycles. The number of nitrogens with zero attached hydrogens (tertiary/aromatic N) is 4. The lowest BCUT2D eigenvalue weighted by Crippen LogP contribution is -2.00. The molecule has 0 amide bonds. The Morgan fingerprint density at radius 3 is 3.00 bits per heavy atom. The minimum absolute atomic E-state index is 0.286. The Kier molecular flexibility index (Phi) is 3.22. The molecule has 5 heteroatoms. The summed E-state index contributed by atoms with van der Waals surface area (Å²) in [6.07, 6.45) is 1.70. The van der Waals surface area contributed by atoms with Gasteiger partial charge in [-0.05, 0) is 12.1 Å². The summed E-state index contributed by atoms with van der Waals surface area (Å²) < 4.78 is 1.62. The van der Waals surface area contributed by atoms with E-state index in [9.17, 15) is 0 Å². The second-order valence-corrected chi connectivity index (χ2v) is 3.82. The number of benzene rings is 1. The Bertz CT molecular complexity index is 595. The average molecular weight is 245 g/mol. The van der Waals surface area contributed by atoms with Crippen molar-refractivity contribution in [3.8, 4) is 17.3 Å². The third kappa shape index (κ3) is 2.19. The molecule has 1 heterocycles. The van der Waals surface area contributed by atoms with Gasteiger partial charge in [0.1, 0.15) is 11.8 Å². The lowest BCUT2D eigenvalue weighted by atomic mass is 10.1. The van der Waals surface area contributed by atoms with Gasteiger partial charge < -0.3 is 0 Å². The van der Waals surface area contributed by atoms with E-state index in [-0.39, 0.29) is 5.69 Å². The quantitative estimate of drug-likeness (QED) is 0.780. The van der Waals surface area contributed by atoms with Gasteiger partial charge in [-0.25, -0.2) is 4.68 Å². The van der Waals surface area contributed by atoms with Crippen LogP contribution in [0.4, 0.5) is 0 Å². The number of rotatable bonds is 3. The molecule has 2 aromatic rings. The molecule has 0 saturated heterocycles. The van der Waals surface area contributed by atoms with Crippen molar-refractivity contribution in [2.24, 2.45) is 0 Å². The van der Waals surface area contributed by atoms with E-state index in [0.717, 1.165) is 5.56 Å². The molecule has 2 rings (SSSR count). The molecule has 4 nitrogen and oxygen atoms in total. The van der Waals surface area contributed by atoms with Crippen molar-refractivity contribution in [3.05, 3.63) is 47.6 Å². The second-order valence-electron chi connectivity index (χ2n) is 3.38. The van der Waals surface area contributed by atoms with Gasteiger partial charge in [-0.3, -0.25) is 0 Å². The first-order valence-corrected chi connectivity index (χ1v) is 5.34. The van der Waals surface area contributed by atoms with Gasteiger partial charge in [0.05, 0.1) is 6.54 Å². The average Bonchev–Trinajstić information content (AvgIpc) is 2.72. The zero-order chi connectivity index (χ0) is 12.3. The van der Waals surface area contributed by atoms with Crippen molar-refractivity contribution < 1.29 is 0 Å². The smallest absolute Gasteiger partial charge is 0.190 e. The Balaban J connectivity index is 2.60. The Labute approximate surface area is 104 Å². The van der Waals surface area contributed by atoms with Crippen LogP contribution < -0.4 is 0 Å². The highest BCUT2D eigenvalue weighted by Gasteiger charge is 2.13. The van der Waals surface area contributed by atoms with E-state index in [4.69, 9.17) is 16.9 Å². The van der Waals surface area contributed by atoms with Crippen LogP contribution in [0.3, 0.4) is 0 Å². The van der Waals surface area contributed by atoms with E-state index in [1.54, 1.807) is 22.9 Å². The molecule has 1 aromatic heterocycles. The molecule has 17 heavy (non-hydrogen) atoms. The minimum Gasteiger partial charge on any atom is -0.239 e. The summed E-state index contributed by atoms with van der Waals surface area (Å²) in [6, 6.07) is 9.27. The predicted octanol–water partition coefficient (Wildman–Crippen LogP) is 2.66. The summed E-state index contributed by atoms with van der Waals surface area (Å²) in [7, 11) is 0. The number of allylic oxidation sites excluding steroid dienone is 1. The molecular formula is C12H9ClN4. The van der Waals surface area contributed by atoms with Gasteiger partial charge in [0.15, 0.2) is 5.69 Å². The Morgan fingerprint density at radius 1 is 1.53 bits per heavy atom. The van der Waals surface area contributed by atoms with Crippen LogP contribution in [-0.4, -0.2) is 15.0 Å². The highest BCUT2D eigenvalue weighted by molar-refractivity contribution is 6.30. The van der Waals surface area contributed by atoms with Crippen molar-refractivity contribution >= 4 is 11.6 Å². The number of halogens is 1. The lowest BCUT2D eigenvalue weighted by Gasteiger charge is -2.04. The molecule has 0 aliphatic heterocycles. The second kappa shape index (κ2) is 4.81. The first kappa shape index (κ1) is 11.4. The maximum atomic E-state index is 9.01. The number of hydrogen-bond acceptors (Lipinski definition) is 3. The van der Waals surface area contributed by atoms with Gasteiger partial charge in [-0.15, -0.1) is 11.7 Å². The molecule has 0 fully saturated rings. The topological polar surface area (TPSA) is 54.5 Å². The van der Waals surface area contributed by atoms with Crippen molar-refractivity contribution in [2.75, 3.05) is 0 Å². The van der Waals surface area contributed by atoms with E-state index in [1.165, 1.54) is 0 Å². The van der Waals surface area contributed by atoms with Gasteiger partial charge in [0, 0.05) is 10.6 Å². The first-order chi connectivity index (χ1) is 8.26. The van der Waals surface area contributed by atoms with Crippen molar-refractivity contribution in [3.63, 3.8) is 0 Å². The van der Waals surface area contributed by atoms with Crippen LogP contribution in [0.1, 0.15) is 5.69 Å². The van der Waals surface area contributed by atoms with Crippen LogP contribution in [0.2, 0.25) is 5.02 Å². The molecule has 84 valence electrons. The van der Waals surface area contributed by atoms with E-state index in [1.807, 2.05) is 18.2 Å². The van der Waals surface area contributed by atoms with E-state index in [2.05, 4.69) is 16.9 Å². The number of hydrogen-bond donors (Lipinski definition) is 0. The molecule has 0 N–H and O–H groups in total. The SMILES string of the molecule is C=CCn1nnc(C#N)c1-c1cccc(Cl)c1. The van der Waals surface area contributed by atoms with Crippen molar-refractivity contribution in [2.45, 2.75) is 6.54 Å². The zero-order valence-electron chi connectivity index (χ0n) is 8.97. The standard InChI is InChI=1S/C12H9ClN4/c1-2-6-17-12(11(8-14)15-16-17)9-4-3-5-10(13)7-9/h2-5,7H,1,6H2. The van der Waals surface area contributed by atoms with E-state index >= 15 is 0 Å². The maximum absolute atomic E-state index is 9.01. The van der Waals surface area contributed by atoms with Gasteiger partial charge in [0.25, 0.3) is 0 Å². The third-order valence-electron chi connectivity index (χ3n) is 2.24. The Morgan fingerprint density at radius 2 is 2.35 bits per heavy atom. The fourth-order valence-corrected chi connectivity index (χ4v) is 1.75. The van der Waals surface area contributed by atoms with Crippen LogP contribution in [0, 0.1) is 11.3 Å². The molecule has 0 spiro atoms. The monoisotopic (exact) mass is 244 g/mol. The summed E-state index contributed by atoms with van der Waals surface area (Å²) in [5.41, 5.74) is 1.77. The summed E-state index contributed by atoms with van der Waals surface area (Å²) in [5, 5.41) is 17.3. The fourth-order valence-electron chi connectivity index (χ4n) is 1.56. The van der Waals surface area contributed by atoms with Crippen LogP contribution in [-0.2, 0) is 6.54 Å². The van der Waals surface area contributed by atoms with Crippen molar-refractivity contribution in [1.29, 1.82) is 5.26 Å². The summed E-state index contributed by atoms with van der Waals surface area (Å²) in [4.78, 5) is 0. The highest BCUT2D eigenvalue weighted by Crippen LogP contribution is 2.24. The molecular weight excluding hydrogens is 236 g/mol. The predicted molar refractivity (Wildman–Crippen MR) is 65.4 cm³/mol. The van der Waals surface area contributed by atoms with Gasteiger partial charge >= 0.3 is 0 Å². The van der Waals surface area contributed by atoms with Crippen LogP contribution in [0.15, 0.2) is 36.9 Å². The minimum atomic E-state index is 0.286. The molecule has 0 radical (unpaired) electrons. The maximum Gasteiger partial charge on any atom is 0.190 e. The van der Waals surface area contributed by atoms with E-state index < -0.39 is 0 Å². The molecule has 0 atom stereocenters. The number of nitriles is 1.